The number of hydrogen-bond donors (Lipinski definition) is 0. The summed E-state index contributed by atoms with van der Waals surface area (Å²) in [4.78, 5) is 4.61. The number of benzene rings is 1. The average molecular weight is 222 g/mol. The van der Waals surface area contributed by atoms with Crippen LogP contribution in [-0.2, 0) is 6.42 Å². The van der Waals surface area contributed by atoms with E-state index in [1.807, 2.05) is 6.07 Å². The van der Waals surface area contributed by atoms with Crippen LogP contribution in [-0.4, -0.2) is 4.98 Å². The van der Waals surface area contributed by atoms with Gasteiger partial charge in [-0.3, -0.25) is 4.98 Å². The van der Waals surface area contributed by atoms with E-state index in [-0.39, 0.29) is 12.4 Å². The van der Waals surface area contributed by atoms with Gasteiger partial charge in [0.05, 0.1) is 5.52 Å². The molecule has 80 valence electrons. The molecule has 15 heavy (non-hydrogen) atoms. The third-order valence-corrected chi connectivity index (χ3v) is 2.44. The second-order valence-electron chi connectivity index (χ2n) is 3.60. The van der Waals surface area contributed by atoms with E-state index in [0.29, 0.717) is 0 Å². The fourth-order valence-corrected chi connectivity index (χ4v) is 1.61. The molecule has 2 heteroatoms. The number of pyridine rings is 1. The molecule has 0 fully saturated rings. The highest BCUT2D eigenvalue weighted by molar-refractivity contribution is 5.85. The lowest BCUT2D eigenvalue weighted by atomic mass is 10.1. The molecule has 2 rings (SSSR count). The van der Waals surface area contributed by atoms with Gasteiger partial charge in [-0.25, -0.2) is 0 Å². The van der Waals surface area contributed by atoms with Crippen molar-refractivity contribution in [3.63, 3.8) is 0 Å². The monoisotopic (exact) mass is 221 g/mol. The Balaban J connectivity index is 0.00000112. The van der Waals surface area contributed by atoms with Crippen LogP contribution < -0.4 is 0 Å². The minimum Gasteiger partial charge on any atom is -0.253 e. The highest BCUT2D eigenvalue weighted by atomic mass is 35.5. The van der Waals surface area contributed by atoms with E-state index in [1.165, 1.54) is 23.9 Å². The fraction of sp³-hybridized carbons (Fsp3) is 0.308. The van der Waals surface area contributed by atoms with E-state index in [4.69, 9.17) is 0 Å². The lowest BCUT2D eigenvalue weighted by Gasteiger charge is -2.01. The number of rotatable bonds is 3. The maximum Gasteiger partial charge on any atom is 0.0705 e. The van der Waals surface area contributed by atoms with Crippen LogP contribution in [0.3, 0.4) is 0 Å². The number of fused-ring (bicyclic) bond motifs is 1. The number of aryl methyl sites for hydroxylation is 1. The van der Waals surface area contributed by atoms with Crippen LogP contribution in [0.25, 0.3) is 10.9 Å². The quantitative estimate of drug-likeness (QED) is 0.764. The largest absolute Gasteiger partial charge is 0.253 e. The predicted octanol–water partition coefficient (Wildman–Crippen LogP) is 4.00. The molecule has 0 spiro atoms. The predicted molar refractivity (Wildman–Crippen MR) is 67.6 cm³/mol. The Kier molecular flexibility index (Phi) is 4.57. The van der Waals surface area contributed by atoms with Crippen molar-refractivity contribution >= 4 is 23.3 Å². The number of halogens is 1. The van der Waals surface area contributed by atoms with Gasteiger partial charge in [-0.1, -0.05) is 37.6 Å². The molecule has 0 saturated carbocycles. The number of aromatic nitrogens is 1. The molecular weight excluding hydrogens is 206 g/mol. The third-order valence-electron chi connectivity index (χ3n) is 2.44. The van der Waals surface area contributed by atoms with Crippen molar-refractivity contribution in [1.29, 1.82) is 0 Å². The van der Waals surface area contributed by atoms with Crippen molar-refractivity contribution in [3.05, 3.63) is 42.1 Å². The summed E-state index contributed by atoms with van der Waals surface area (Å²) in [6.07, 6.45) is 3.56. The molecule has 1 aromatic carbocycles. The van der Waals surface area contributed by atoms with E-state index >= 15 is 0 Å². The zero-order chi connectivity index (χ0) is 9.80. The summed E-state index contributed by atoms with van der Waals surface area (Å²) in [5.74, 6) is 0. The summed E-state index contributed by atoms with van der Waals surface area (Å²) < 4.78 is 0. The molecular formula is C13H16ClN. The second kappa shape index (κ2) is 5.72. The molecule has 0 atom stereocenters. The molecule has 2 aromatic rings. The molecule has 0 unspecified atom stereocenters. The van der Waals surface area contributed by atoms with Gasteiger partial charge in [-0.05, 0) is 25.0 Å². The van der Waals surface area contributed by atoms with E-state index in [0.717, 1.165) is 11.9 Å². The first-order valence-electron chi connectivity index (χ1n) is 5.25. The van der Waals surface area contributed by atoms with Crippen LogP contribution in [0.15, 0.2) is 36.4 Å². The summed E-state index contributed by atoms with van der Waals surface area (Å²) in [6, 6.07) is 12.6. The van der Waals surface area contributed by atoms with Crippen LogP contribution in [0.5, 0.6) is 0 Å². The summed E-state index contributed by atoms with van der Waals surface area (Å²) in [7, 11) is 0. The van der Waals surface area contributed by atoms with Gasteiger partial charge in [-0.15, -0.1) is 12.4 Å². The molecule has 0 aliphatic heterocycles. The van der Waals surface area contributed by atoms with Gasteiger partial charge in [0.2, 0.25) is 0 Å². The Morgan fingerprint density at radius 2 is 1.87 bits per heavy atom. The normalized spacial score (nSPS) is 9.93. The standard InChI is InChI=1S/C13H15N.ClH/c1-2-3-7-12-10-9-11-6-4-5-8-13(11)14-12;/h4-6,8-10H,2-3,7H2,1H3;1H. The summed E-state index contributed by atoms with van der Waals surface area (Å²) in [5.41, 5.74) is 2.33. The van der Waals surface area contributed by atoms with Gasteiger partial charge in [0.1, 0.15) is 0 Å². The van der Waals surface area contributed by atoms with Crippen molar-refractivity contribution in [3.8, 4) is 0 Å². The summed E-state index contributed by atoms with van der Waals surface area (Å²) >= 11 is 0. The minimum absolute atomic E-state index is 0. The van der Waals surface area contributed by atoms with Crippen LogP contribution in [0.1, 0.15) is 25.5 Å². The van der Waals surface area contributed by atoms with Gasteiger partial charge >= 0.3 is 0 Å². The number of para-hydroxylation sites is 1. The molecule has 0 bridgehead atoms. The van der Waals surface area contributed by atoms with Gasteiger partial charge in [0, 0.05) is 11.1 Å². The third kappa shape index (κ3) is 2.93. The highest BCUT2D eigenvalue weighted by Crippen LogP contribution is 2.12. The molecule has 0 radical (unpaired) electrons. The zero-order valence-corrected chi connectivity index (χ0v) is 9.76. The summed E-state index contributed by atoms with van der Waals surface area (Å²) in [5, 5.41) is 1.23. The van der Waals surface area contributed by atoms with Gasteiger partial charge in [-0.2, -0.15) is 0 Å². The highest BCUT2D eigenvalue weighted by Gasteiger charge is 1.96. The first-order chi connectivity index (χ1) is 6.90. The molecule has 1 nitrogen and oxygen atoms in total. The molecule has 0 aliphatic carbocycles. The number of unbranched alkanes of at least 4 members (excludes halogenated alkanes) is 1. The smallest absolute Gasteiger partial charge is 0.0705 e. The van der Waals surface area contributed by atoms with Crippen LogP contribution >= 0.6 is 12.4 Å². The Hall–Kier alpha value is -1.08. The average Bonchev–Trinajstić information content (AvgIpc) is 2.26. The SMILES string of the molecule is CCCCc1ccc2ccccc2n1.Cl. The fourth-order valence-electron chi connectivity index (χ4n) is 1.61. The van der Waals surface area contributed by atoms with Crippen molar-refractivity contribution in [2.45, 2.75) is 26.2 Å². The van der Waals surface area contributed by atoms with Gasteiger partial charge in [0.15, 0.2) is 0 Å². The van der Waals surface area contributed by atoms with E-state index in [1.54, 1.807) is 0 Å². The zero-order valence-electron chi connectivity index (χ0n) is 8.94. The van der Waals surface area contributed by atoms with Crippen molar-refractivity contribution < 1.29 is 0 Å². The molecule has 0 N–H and O–H groups in total. The van der Waals surface area contributed by atoms with Crippen molar-refractivity contribution in [2.75, 3.05) is 0 Å². The van der Waals surface area contributed by atoms with Crippen molar-refractivity contribution in [1.82, 2.24) is 4.98 Å². The maximum atomic E-state index is 4.61. The Labute approximate surface area is 96.9 Å². The number of nitrogens with zero attached hydrogens (tertiary/aromatic N) is 1. The Bertz CT molecular complexity index is 426. The van der Waals surface area contributed by atoms with Gasteiger partial charge < -0.3 is 0 Å². The first-order valence-corrected chi connectivity index (χ1v) is 5.25. The molecule has 1 heterocycles. The maximum absolute atomic E-state index is 4.61. The number of hydrogen-bond acceptors (Lipinski definition) is 1. The van der Waals surface area contributed by atoms with E-state index in [2.05, 4.69) is 42.2 Å². The lowest BCUT2D eigenvalue weighted by molar-refractivity contribution is 0.780. The van der Waals surface area contributed by atoms with Crippen molar-refractivity contribution in [2.24, 2.45) is 0 Å². The van der Waals surface area contributed by atoms with Crippen LogP contribution in [0.4, 0.5) is 0 Å². The Morgan fingerprint density at radius 3 is 2.67 bits per heavy atom. The second-order valence-corrected chi connectivity index (χ2v) is 3.60. The van der Waals surface area contributed by atoms with Crippen LogP contribution in [0.2, 0.25) is 0 Å². The van der Waals surface area contributed by atoms with Crippen LogP contribution in [0, 0.1) is 0 Å². The molecule has 0 saturated heterocycles. The van der Waals surface area contributed by atoms with E-state index < -0.39 is 0 Å². The van der Waals surface area contributed by atoms with E-state index in [9.17, 15) is 0 Å². The van der Waals surface area contributed by atoms with Gasteiger partial charge in [0.25, 0.3) is 0 Å². The molecule has 1 aromatic heterocycles. The summed E-state index contributed by atoms with van der Waals surface area (Å²) in [6.45, 7) is 2.21. The lowest BCUT2D eigenvalue weighted by Crippen LogP contribution is -1.89. The topological polar surface area (TPSA) is 12.9 Å². The first kappa shape index (κ1) is 12.0. The minimum atomic E-state index is 0. The molecule has 0 amide bonds. The Morgan fingerprint density at radius 1 is 1.07 bits per heavy atom. The molecule has 0 aliphatic rings.